The lowest BCUT2D eigenvalue weighted by Gasteiger charge is -2.03. The molecule has 1 N–H and O–H groups in total. The molecule has 4 nitrogen and oxygen atoms in total. The van der Waals surface area contributed by atoms with Gasteiger partial charge >= 0.3 is 0 Å². The highest BCUT2D eigenvalue weighted by molar-refractivity contribution is 6.02. The van der Waals surface area contributed by atoms with Crippen molar-refractivity contribution >= 4 is 17.9 Å². The van der Waals surface area contributed by atoms with Crippen LogP contribution in [0.25, 0.3) is 12.2 Å². The molecule has 0 aliphatic heterocycles. The van der Waals surface area contributed by atoms with Crippen molar-refractivity contribution in [2.45, 2.75) is 0 Å². The maximum absolute atomic E-state index is 11.9. The zero-order valence-corrected chi connectivity index (χ0v) is 14.2. The third kappa shape index (κ3) is 5.39. The molecular formula is C21H20O4. The highest BCUT2D eigenvalue weighted by Gasteiger charge is 2.00. The number of aliphatic hydroxyl groups excluding tert-OH is 1. The number of allylic oxidation sites excluding steroid dienone is 3. The van der Waals surface area contributed by atoms with Crippen LogP contribution < -0.4 is 9.47 Å². The summed E-state index contributed by atoms with van der Waals surface area (Å²) in [5.74, 6) is 0.901. The first-order valence-corrected chi connectivity index (χ1v) is 7.71. The molecule has 0 atom stereocenters. The van der Waals surface area contributed by atoms with E-state index in [9.17, 15) is 9.90 Å². The molecule has 0 aromatic heterocycles. The molecule has 0 amide bonds. The normalized spacial score (nSPS) is 11.8. The molecule has 0 aliphatic carbocycles. The van der Waals surface area contributed by atoms with Gasteiger partial charge in [0, 0.05) is 17.2 Å². The van der Waals surface area contributed by atoms with Crippen molar-refractivity contribution in [3.05, 3.63) is 83.6 Å². The van der Waals surface area contributed by atoms with Crippen molar-refractivity contribution < 1.29 is 19.4 Å². The first-order chi connectivity index (χ1) is 12.1. The Bertz CT molecular complexity index is 816. The van der Waals surface area contributed by atoms with Crippen molar-refractivity contribution in [1.82, 2.24) is 0 Å². The van der Waals surface area contributed by atoms with Gasteiger partial charge in [-0.05, 0) is 36.4 Å². The van der Waals surface area contributed by atoms with E-state index >= 15 is 0 Å². The van der Waals surface area contributed by atoms with E-state index in [1.807, 2.05) is 48.5 Å². The number of benzene rings is 2. The van der Waals surface area contributed by atoms with E-state index in [4.69, 9.17) is 9.47 Å². The molecule has 0 saturated carbocycles. The Morgan fingerprint density at radius 2 is 1.32 bits per heavy atom. The van der Waals surface area contributed by atoms with Crippen molar-refractivity contribution in [3.63, 3.8) is 0 Å². The molecule has 0 unspecified atom stereocenters. The summed E-state index contributed by atoms with van der Waals surface area (Å²) in [5.41, 5.74) is 1.60. The lowest BCUT2D eigenvalue weighted by Crippen LogP contribution is -1.90. The molecule has 0 fully saturated rings. The van der Waals surface area contributed by atoms with Gasteiger partial charge in [-0.3, -0.25) is 4.79 Å². The van der Waals surface area contributed by atoms with Gasteiger partial charge in [0.2, 0.25) is 0 Å². The van der Waals surface area contributed by atoms with Crippen LogP contribution in [0.15, 0.2) is 72.5 Å². The molecule has 0 heterocycles. The molecule has 0 aliphatic rings. The number of hydrogen-bond acceptors (Lipinski definition) is 4. The van der Waals surface area contributed by atoms with Gasteiger partial charge in [0.15, 0.2) is 5.78 Å². The number of methoxy groups -OCH3 is 2. The second-order valence-electron chi connectivity index (χ2n) is 5.12. The number of rotatable bonds is 7. The second-order valence-corrected chi connectivity index (χ2v) is 5.12. The molecular weight excluding hydrogens is 316 g/mol. The fourth-order valence-corrected chi connectivity index (χ4v) is 2.20. The fraction of sp³-hybridized carbons (Fsp3) is 0.0952. The molecule has 0 radical (unpaired) electrons. The highest BCUT2D eigenvalue weighted by atomic mass is 16.5. The van der Waals surface area contributed by atoms with Gasteiger partial charge in [0.05, 0.1) is 14.2 Å². The lowest BCUT2D eigenvalue weighted by atomic mass is 10.1. The van der Waals surface area contributed by atoms with Gasteiger partial charge in [-0.1, -0.05) is 36.4 Å². The lowest BCUT2D eigenvalue weighted by molar-refractivity contribution is -0.110. The molecule has 0 saturated heterocycles. The quantitative estimate of drug-likeness (QED) is 0.461. The maximum Gasteiger partial charge on any atom is 0.182 e. The van der Waals surface area contributed by atoms with Crippen molar-refractivity contribution in [1.29, 1.82) is 0 Å². The predicted molar refractivity (Wildman–Crippen MR) is 99.8 cm³/mol. The monoisotopic (exact) mass is 336 g/mol. The first-order valence-electron chi connectivity index (χ1n) is 7.71. The average Bonchev–Trinajstić information content (AvgIpc) is 2.65. The Hall–Kier alpha value is -3.27. The van der Waals surface area contributed by atoms with Gasteiger partial charge in [-0.2, -0.15) is 0 Å². The molecule has 0 spiro atoms. The minimum atomic E-state index is -0.326. The third-order valence-electron chi connectivity index (χ3n) is 3.43. The maximum atomic E-state index is 11.9. The van der Waals surface area contributed by atoms with Crippen LogP contribution in [-0.4, -0.2) is 25.1 Å². The largest absolute Gasteiger partial charge is 0.508 e. The van der Waals surface area contributed by atoms with Gasteiger partial charge < -0.3 is 14.6 Å². The average molecular weight is 336 g/mol. The third-order valence-corrected chi connectivity index (χ3v) is 3.43. The van der Waals surface area contributed by atoms with E-state index in [0.29, 0.717) is 11.5 Å². The second kappa shape index (κ2) is 9.13. The van der Waals surface area contributed by atoms with Crippen LogP contribution in [0.5, 0.6) is 11.5 Å². The van der Waals surface area contributed by atoms with E-state index in [1.54, 1.807) is 26.4 Å². The first kappa shape index (κ1) is 18.1. The zero-order chi connectivity index (χ0) is 18.1. The van der Waals surface area contributed by atoms with Gasteiger partial charge in [0.1, 0.15) is 17.3 Å². The van der Waals surface area contributed by atoms with E-state index in [2.05, 4.69) is 0 Å². The Morgan fingerprint density at radius 1 is 0.840 bits per heavy atom. The van der Waals surface area contributed by atoms with Crippen LogP contribution >= 0.6 is 0 Å². The van der Waals surface area contributed by atoms with Crippen LogP contribution in [-0.2, 0) is 4.79 Å². The van der Waals surface area contributed by atoms with Crippen molar-refractivity contribution in [2.24, 2.45) is 0 Å². The summed E-state index contributed by atoms with van der Waals surface area (Å²) in [4.78, 5) is 11.9. The molecule has 2 rings (SSSR count). The van der Waals surface area contributed by atoms with Crippen molar-refractivity contribution in [2.75, 3.05) is 14.2 Å². The Kier molecular flexibility index (Phi) is 6.60. The Morgan fingerprint density at radius 3 is 1.84 bits per heavy atom. The minimum Gasteiger partial charge on any atom is -0.508 e. The van der Waals surface area contributed by atoms with E-state index in [-0.39, 0.29) is 11.5 Å². The van der Waals surface area contributed by atoms with Crippen LogP contribution in [0.4, 0.5) is 0 Å². The summed E-state index contributed by atoms with van der Waals surface area (Å²) in [6.07, 6.45) is 7.31. The molecule has 2 aromatic rings. The standard InChI is InChI=1S/C21H20O4/c1-24-20-9-5-3-7-16(20)11-13-18(22)15-19(23)14-12-17-8-4-6-10-21(17)25-2/h3-15,22H,1-2H3/b13-11+,14-12+,18-15-. The number of carbonyl (C=O) groups is 1. The Labute approximate surface area is 147 Å². The van der Waals surface area contributed by atoms with Gasteiger partial charge in [-0.25, -0.2) is 0 Å². The van der Waals surface area contributed by atoms with E-state index in [1.165, 1.54) is 12.2 Å². The summed E-state index contributed by atoms with van der Waals surface area (Å²) >= 11 is 0. The highest BCUT2D eigenvalue weighted by Crippen LogP contribution is 2.20. The van der Waals surface area contributed by atoms with Gasteiger partial charge in [-0.15, -0.1) is 0 Å². The van der Waals surface area contributed by atoms with Crippen LogP contribution in [0.3, 0.4) is 0 Å². The van der Waals surface area contributed by atoms with E-state index in [0.717, 1.165) is 17.2 Å². The summed E-state index contributed by atoms with van der Waals surface area (Å²) in [7, 11) is 3.15. The van der Waals surface area contributed by atoms with Crippen LogP contribution in [0, 0.1) is 0 Å². The summed E-state index contributed by atoms with van der Waals surface area (Å²) < 4.78 is 10.4. The zero-order valence-electron chi connectivity index (χ0n) is 14.2. The van der Waals surface area contributed by atoms with Crippen molar-refractivity contribution in [3.8, 4) is 11.5 Å². The van der Waals surface area contributed by atoms with E-state index < -0.39 is 0 Å². The SMILES string of the molecule is COc1ccccc1/C=C/C(=O)/C=C(O)/C=C/c1ccccc1OC. The number of carbonyl (C=O) groups excluding carboxylic acids is 1. The minimum absolute atomic E-state index is 0.138. The number of ketones is 1. The number of hydrogen-bond donors (Lipinski definition) is 1. The van der Waals surface area contributed by atoms with Crippen LogP contribution in [0.2, 0.25) is 0 Å². The predicted octanol–water partition coefficient (Wildman–Crippen LogP) is 4.44. The summed E-state index contributed by atoms with van der Waals surface area (Å²) in [6, 6.07) is 14.8. The Balaban J connectivity index is 2.07. The van der Waals surface area contributed by atoms with Crippen LogP contribution in [0.1, 0.15) is 11.1 Å². The fourth-order valence-electron chi connectivity index (χ4n) is 2.20. The topological polar surface area (TPSA) is 55.8 Å². The number of aliphatic hydroxyl groups is 1. The smallest absolute Gasteiger partial charge is 0.182 e. The van der Waals surface area contributed by atoms with Gasteiger partial charge in [0.25, 0.3) is 0 Å². The molecule has 2 aromatic carbocycles. The summed E-state index contributed by atoms with van der Waals surface area (Å²) in [5, 5.41) is 9.90. The molecule has 25 heavy (non-hydrogen) atoms. The molecule has 0 bridgehead atoms. The molecule has 4 heteroatoms. The summed E-state index contributed by atoms with van der Waals surface area (Å²) in [6.45, 7) is 0. The molecule has 128 valence electrons. The number of ether oxygens (including phenoxy) is 2. The number of para-hydroxylation sites is 2.